The second-order valence-corrected chi connectivity index (χ2v) is 7.69. The van der Waals surface area contributed by atoms with Gasteiger partial charge in [0.05, 0.1) is 0 Å². The van der Waals surface area contributed by atoms with E-state index in [4.69, 9.17) is 9.84 Å². The van der Waals surface area contributed by atoms with Crippen LogP contribution in [0.3, 0.4) is 0 Å². The Morgan fingerprint density at radius 1 is 1.48 bits per heavy atom. The average Bonchev–Trinajstić information content (AvgIpc) is 2.89. The standard InChI is InChI=1S/C17H18N2O3Se/c1-10(2)6-7-22-14-5-4-12(8-13(14)9-18)16-19-11(3)15(23-16)17(20)21/h4-5,8,10H,6-7H2,1-3H3,(H,20,21). The van der Waals surface area contributed by atoms with E-state index in [1.807, 2.05) is 6.07 Å². The van der Waals surface area contributed by atoms with Gasteiger partial charge in [0.2, 0.25) is 0 Å². The van der Waals surface area contributed by atoms with Gasteiger partial charge in [0.25, 0.3) is 0 Å². The number of ether oxygens (including phenoxy) is 1. The second-order valence-electron chi connectivity index (χ2n) is 5.59. The van der Waals surface area contributed by atoms with Gasteiger partial charge in [-0.25, -0.2) is 0 Å². The van der Waals surface area contributed by atoms with Crippen LogP contribution in [0.5, 0.6) is 5.75 Å². The first-order valence-corrected chi connectivity index (χ1v) is 9.01. The molecule has 0 saturated heterocycles. The summed E-state index contributed by atoms with van der Waals surface area (Å²) in [6.07, 6.45) is 0.924. The summed E-state index contributed by atoms with van der Waals surface area (Å²) < 4.78 is 6.77. The normalized spacial score (nSPS) is 10.6. The summed E-state index contributed by atoms with van der Waals surface area (Å²) >= 11 is -0.345. The Hall–Kier alpha value is -2.09. The zero-order valence-corrected chi connectivity index (χ0v) is 15.0. The van der Waals surface area contributed by atoms with E-state index < -0.39 is 5.97 Å². The van der Waals surface area contributed by atoms with Crippen molar-refractivity contribution in [2.24, 2.45) is 5.92 Å². The van der Waals surface area contributed by atoms with E-state index in [2.05, 4.69) is 24.9 Å². The molecule has 1 aromatic carbocycles. The molecular formula is C17H18N2O3Se. The molecule has 1 heterocycles. The van der Waals surface area contributed by atoms with E-state index in [0.717, 1.165) is 16.6 Å². The van der Waals surface area contributed by atoms with Crippen LogP contribution in [0.15, 0.2) is 18.2 Å². The predicted octanol–water partition coefficient (Wildman–Crippen LogP) is 3.11. The molecule has 0 aliphatic rings. The van der Waals surface area contributed by atoms with E-state index in [1.54, 1.807) is 19.1 Å². The van der Waals surface area contributed by atoms with Crippen LogP contribution in [0, 0.1) is 24.2 Å². The number of aromatic nitrogens is 1. The van der Waals surface area contributed by atoms with Gasteiger partial charge in [0.1, 0.15) is 0 Å². The molecule has 0 spiro atoms. The van der Waals surface area contributed by atoms with Crippen molar-refractivity contribution < 1.29 is 14.6 Å². The van der Waals surface area contributed by atoms with Crippen LogP contribution in [0.25, 0.3) is 10.1 Å². The average molecular weight is 377 g/mol. The molecule has 0 atom stereocenters. The van der Waals surface area contributed by atoms with Crippen molar-refractivity contribution in [2.75, 3.05) is 6.61 Å². The number of hydrogen-bond donors (Lipinski definition) is 1. The van der Waals surface area contributed by atoms with Gasteiger partial charge in [-0.15, -0.1) is 0 Å². The van der Waals surface area contributed by atoms with Gasteiger partial charge in [-0.05, 0) is 0 Å². The molecule has 120 valence electrons. The first-order chi connectivity index (χ1) is 10.9. The molecule has 0 amide bonds. The first-order valence-electron chi connectivity index (χ1n) is 7.30. The van der Waals surface area contributed by atoms with Crippen LogP contribution in [-0.2, 0) is 0 Å². The number of carboxylic acids is 1. The van der Waals surface area contributed by atoms with Crippen molar-refractivity contribution in [1.82, 2.24) is 4.98 Å². The van der Waals surface area contributed by atoms with Gasteiger partial charge < -0.3 is 0 Å². The molecule has 23 heavy (non-hydrogen) atoms. The van der Waals surface area contributed by atoms with Crippen molar-refractivity contribution in [3.63, 3.8) is 0 Å². The quantitative estimate of drug-likeness (QED) is 0.782. The van der Waals surface area contributed by atoms with Crippen molar-refractivity contribution in [3.8, 4) is 22.0 Å². The summed E-state index contributed by atoms with van der Waals surface area (Å²) in [6, 6.07) is 7.47. The molecule has 0 aliphatic heterocycles. The summed E-state index contributed by atoms with van der Waals surface area (Å²) in [5.74, 6) is 0.181. The maximum absolute atomic E-state index is 11.2. The maximum atomic E-state index is 11.2. The molecule has 2 aromatic rings. The molecule has 0 radical (unpaired) electrons. The van der Waals surface area contributed by atoms with Crippen LogP contribution < -0.4 is 4.74 Å². The zero-order valence-electron chi connectivity index (χ0n) is 13.3. The van der Waals surface area contributed by atoms with Crippen LogP contribution in [0.4, 0.5) is 0 Å². The first kappa shape index (κ1) is 17.3. The van der Waals surface area contributed by atoms with Crippen LogP contribution in [0.1, 0.15) is 40.8 Å². The third-order valence-corrected chi connectivity index (χ3v) is 5.80. The molecule has 2 rings (SSSR count). The molecular weight excluding hydrogens is 359 g/mol. The minimum atomic E-state index is -0.921. The number of carbonyl (C=O) groups is 1. The van der Waals surface area contributed by atoms with E-state index >= 15 is 0 Å². The number of nitriles is 1. The van der Waals surface area contributed by atoms with Crippen LogP contribution in [-0.4, -0.2) is 37.2 Å². The molecule has 0 saturated carbocycles. The summed E-state index contributed by atoms with van der Waals surface area (Å²) in [7, 11) is 0. The van der Waals surface area contributed by atoms with Gasteiger partial charge in [0, 0.05) is 0 Å². The Kier molecular flexibility index (Phi) is 5.59. The summed E-state index contributed by atoms with van der Waals surface area (Å²) in [4.78, 5) is 15.5. The number of rotatable bonds is 6. The fourth-order valence-electron chi connectivity index (χ4n) is 2.00. The molecule has 0 fully saturated rings. The van der Waals surface area contributed by atoms with Crippen molar-refractivity contribution in [1.29, 1.82) is 5.26 Å². The van der Waals surface area contributed by atoms with Gasteiger partial charge in [0.15, 0.2) is 0 Å². The van der Waals surface area contributed by atoms with E-state index in [9.17, 15) is 10.1 Å². The van der Waals surface area contributed by atoms with Crippen molar-refractivity contribution >= 4 is 20.5 Å². The Bertz CT molecular complexity index is 760. The zero-order chi connectivity index (χ0) is 17.0. The summed E-state index contributed by atoms with van der Waals surface area (Å²) in [5, 5.41) is 18.5. The number of carboxylic acid groups (broad SMARTS) is 1. The Balaban J connectivity index is 2.27. The molecule has 0 unspecified atom stereocenters. The number of nitrogens with zero attached hydrogens (tertiary/aromatic N) is 2. The molecule has 6 heteroatoms. The van der Waals surface area contributed by atoms with Gasteiger partial charge in [-0.3, -0.25) is 0 Å². The SMILES string of the molecule is Cc1nc(-c2ccc(OCCC(C)C)c(C#N)c2)[se]c1C(=O)O. The molecule has 5 nitrogen and oxygen atoms in total. The third-order valence-electron chi connectivity index (χ3n) is 3.29. The predicted molar refractivity (Wildman–Crippen MR) is 88.0 cm³/mol. The summed E-state index contributed by atoms with van der Waals surface area (Å²) in [6.45, 7) is 6.51. The Morgan fingerprint density at radius 2 is 2.22 bits per heavy atom. The van der Waals surface area contributed by atoms with Crippen LogP contribution in [0.2, 0.25) is 0 Å². The van der Waals surface area contributed by atoms with E-state index in [-0.39, 0.29) is 14.5 Å². The van der Waals surface area contributed by atoms with Gasteiger partial charge in [-0.2, -0.15) is 0 Å². The Morgan fingerprint density at radius 3 is 2.78 bits per heavy atom. The number of hydrogen-bond acceptors (Lipinski definition) is 4. The minimum absolute atomic E-state index is 0.345. The third kappa shape index (κ3) is 4.22. The van der Waals surface area contributed by atoms with Crippen molar-refractivity contribution in [2.45, 2.75) is 27.2 Å². The second kappa shape index (κ2) is 7.45. The van der Waals surface area contributed by atoms with Gasteiger partial charge >= 0.3 is 141 Å². The fraction of sp³-hybridized carbons (Fsp3) is 0.353. The molecule has 1 aromatic heterocycles. The van der Waals surface area contributed by atoms with E-state index in [1.165, 1.54) is 0 Å². The monoisotopic (exact) mass is 378 g/mol. The van der Waals surface area contributed by atoms with Gasteiger partial charge in [-0.1, -0.05) is 0 Å². The molecule has 0 bridgehead atoms. The Labute approximate surface area is 141 Å². The van der Waals surface area contributed by atoms with Crippen LogP contribution >= 0.6 is 0 Å². The fourth-order valence-corrected chi connectivity index (χ4v) is 3.89. The topological polar surface area (TPSA) is 83.2 Å². The van der Waals surface area contributed by atoms with Crippen molar-refractivity contribution in [3.05, 3.63) is 33.9 Å². The number of aromatic carboxylic acids is 1. The molecule has 1 N–H and O–H groups in total. The number of aryl methyl sites for hydroxylation is 1. The van der Waals surface area contributed by atoms with E-state index in [0.29, 0.717) is 34.0 Å². The summed E-state index contributed by atoms with van der Waals surface area (Å²) in [5.41, 5.74) is 1.78. The number of benzene rings is 1. The molecule has 0 aliphatic carbocycles.